The van der Waals surface area contributed by atoms with Gasteiger partial charge in [-0.2, -0.15) is 0 Å². The van der Waals surface area contributed by atoms with E-state index in [1.54, 1.807) is 20.0 Å². The molecule has 1 aromatic heterocycles. The van der Waals surface area contributed by atoms with Gasteiger partial charge < -0.3 is 10.6 Å². The molecule has 194 valence electrons. The van der Waals surface area contributed by atoms with Crippen LogP contribution in [0.15, 0.2) is 65.5 Å². The van der Waals surface area contributed by atoms with Crippen molar-refractivity contribution in [2.75, 3.05) is 25.5 Å². The first-order chi connectivity index (χ1) is 17.8. The van der Waals surface area contributed by atoms with Gasteiger partial charge in [-0.05, 0) is 92.9 Å². The van der Waals surface area contributed by atoms with Crippen molar-refractivity contribution in [3.8, 4) is 11.3 Å². The second-order valence-electron chi connectivity index (χ2n) is 9.34. The highest BCUT2D eigenvalue weighted by molar-refractivity contribution is 5.95. The number of aryl methyl sites for hydroxylation is 1. The number of carbonyl (C=O) groups excluding carboxylic acids is 2. The first-order valence-electron chi connectivity index (χ1n) is 12.7. The predicted octanol–water partition coefficient (Wildman–Crippen LogP) is 4.24. The first-order valence-corrected chi connectivity index (χ1v) is 12.7. The van der Waals surface area contributed by atoms with Crippen LogP contribution >= 0.6 is 0 Å². The first kappa shape index (κ1) is 26.4. The number of pyridine rings is 1. The zero-order chi connectivity index (χ0) is 26.5. The van der Waals surface area contributed by atoms with Gasteiger partial charge in [-0.15, -0.1) is 0 Å². The number of halogens is 1. The van der Waals surface area contributed by atoms with Gasteiger partial charge in [-0.3, -0.25) is 19.3 Å². The van der Waals surface area contributed by atoms with E-state index in [1.807, 2.05) is 19.1 Å². The molecule has 1 heterocycles. The summed E-state index contributed by atoms with van der Waals surface area (Å²) in [5.74, 6) is -1.21. The largest absolute Gasteiger partial charge is 0.320 e. The normalized spacial score (nSPS) is 15.8. The second-order valence-corrected chi connectivity index (χ2v) is 9.34. The molecule has 2 aromatic carbocycles. The highest BCUT2D eigenvalue weighted by Gasteiger charge is 2.28. The van der Waals surface area contributed by atoms with Gasteiger partial charge in [0.1, 0.15) is 11.5 Å². The van der Waals surface area contributed by atoms with Gasteiger partial charge in [0.25, 0.3) is 5.56 Å². The number of hydrogen-bond acceptors (Lipinski definition) is 5. The summed E-state index contributed by atoms with van der Waals surface area (Å²) in [5.41, 5.74) is 2.77. The minimum Gasteiger partial charge on any atom is -0.320 e. The van der Waals surface area contributed by atoms with Crippen molar-refractivity contribution >= 4 is 17.5 Å². The molecular weight excluding hydrogens is 471 g/mol. The number of fused-ring (bicyclic) bond motifs is 1. The Labute approximate surface area is 216 Å². The average molecular weight is 505 g/mol. The molecule has 1 aliphatic rings. The Balaban J connectivity index is 1.72. The fraction of sp³-hybridized carbons (Fsp3) is 0.345. The lowest BCUT2D eigenvalue weighted by Crippen LogP contribution is -2.42. The standard InChI is InChI=1S/C29H33FN4O3/c1-4-33(26-11-7-9-20-8-5-6-10-23(20)26)18-27(35)34-25(21-12-14-22(30)15-13-21)17-16-24(29(34)37)32-28(36)19(2)31-3/h5-6,8,10,12-17,19,26,31H,4,7,9,11,18H2,1-3H3,(H,32,36)/t19?,26-/m0/s1. The molecule has 0 spiro atoms. The Hall–Kier alpha value is -3.62. The van der Waals surface area contributed by atoms with E-state index in [0.29, 0.717) is 17.8 Å². The van der Waals surface area contributed by atoms with Crippen LogP contribution in [-0.4, -0.2) is 47.5 Å². The molecule has 1 unspecified atom stereocenters. The summed E-state index contributed by atoms with van der Waals surface area (Å²) >= 11 is 0. The Morgan fingerprint density at radius 3 is 2.54 bits per heavy atom. The van der Waals surface area contributed by atoms with Gasteiger partial charge in [-0.25, -0.2) is 8.96 Å². The van der Waals surface area contributed by atoms with Crippen LogP contribution in [0.1, 0.15) is 48.7 Å². The molecule has 3 aromatic rings. The van der Waals surface area contributed by atoms with Gasteiger partial charge in [0.2, 0.25) is 11.8 Å². The van der Waals surface area contributed by atoms with Crippen molar-refractivity contribution in [2.24, 2.45) is 0 Å². The third-order valence-corrected chi connectivity index (χ3v) is 7.08. The number of anilines is 1. The van der Waals surface area contributed by atoms with E-state index in [9.17, 15) is 18.8 Å². The molecule has 7 nitrogen and oxygen atoms in total. The van der Waals surface area contributed by atoms with Gasteiger partial charge in [0.15, 0.2) is 0 Å². The number of nitrogens with zero attached hydrogens (tertiary/aromatic N) is 2. The quantitative estimate of drug-likeness (QED) is 0.480. The molecule has 2 atom stereocenters. The summed E-state index contributed by atoms with van der Waals surface area (Å²) < 4.78 is 14.7. The lowest BCUT2D eigenvalue weighted by Gasteiger charge is -2.35. The van der Waals surface area contributed by atoms with Crippen molar-refractivity contribution in [3.05, 3.63) is 88.0 Å². The molecule has 0 saturated heterocycles. The molecule has 37 heavy (non-hydrogen) atoms. The van der Waals surface area contributed by atoms with Crippen LogP contribution in [0.25, 0.3) is 11.3 Å². The summed E-state index contributed by atoms with van der Waals surface area (Å²) in [5, 5.41) is 5.46. The SMILES string of the molecule is CCN(CC(=O)n1c(-c2ccc(F)cc2)ccc(NC(=O)C(C)NC)c1=O)[C@H]1CCCc2ccccc21. The summed E-state index contributed by atoms with van der Waals surface area (Å²) in [6.07, 6.45) is 2.97. The van der Waals surface area contributed by atoms with E-state index < -0.39 is 23.3 Å². The lowest BCUT2D eigenvalue weighted by molar-refractivity contribution is -0.117. The molecule has 0 fully saturated rings. The number of nitrogens with one attached hydrogen (secondary N) is 2. The van der Waals surface area contributed by atoms with Crippen LogP contribution in [0.3, 0.4) is 0 Å². The van der Waals surface area contributed by atoms with E-state index in [2.05, 4.69) is 27.7 Å². The third-order valence-electron chi connectivity index (χ3n) is 7.08. The van der Waals surface area contributed by atoms with Crippen molar-refractivity contribution in [1.82, 2.24) is 14.8 Å². The third kappa shape index (κ3) is 5.70. The average Bonchev–Trinajstić information content (AvgIpc) is 2.92. The maximum Gasteiger partial charge on any atom is 0.281 e. The van der Waals surface area contributed by atoms with Gasteiger partial charge in [-0.1, -0.05) is 31.2 Å². The smallest absolute Gasteiger partial charge is 0.281 e. The van der Waals surface area contributed by atoms with Crippen molar-refractivity contribution < 1.29 is 14.0 Å². The van der Waals surface area contributed by atoms with E-state index in [1.165, 1.54) is 41.5 Å². The lowest BCUT2D eigenvalue weighted by atomic mass is 9.87. The minimum absolute atomic E-state index is 0.0115. The molecule has 0 bridgehead atoms. The molecule has 8 heteroatoms. The fourth-order valence-electron chi connectivity index (χ4n) is 4.89. The highest BCUT2D eigenvalue weighted by Crippen LogP contribution is 2.34. The predicted molar refractivity (Wildman–Crippen MR) is 143 cm³/mol. The van der Waals surface area contributed by atoms with Crippen LogP contribution in [0.4, 0.5) is 10.1 Å². The maximum absolute atomic E-state index is 13.8. The van der Waals surface area contributed by atoms with Crippen LogP contribution in [0, 0.1) is 5.82 Å². The van der Waals surface area contributed by atoms with E-state index in [0.717, 1.165) is 23.8 Å². The summed E-state index contributed by atoms with van der Waals surface area (Å²) in [6, 6.07) is 16.6. The number of likely N-dealkylation sites (N-methyl/N-ethyl adjacent to an activating group) is 2. The monoisotopic (exact) mass is 504 g/mol. The van der Waals surface area contributed by atoms with Crippen LogP contribution in [0.2, 0.25) is 0 Å². The summed E-state index contributed by atoms with van der Waals surface area (Å²) in [4.78, 5) is 41.9. The molecule has 0 saturated carbocycles. The topological polar surface area (TPSA) is 83.4 Å². The molecule has 2 N–H and O–H groups in total. The Bertz CT molecular complexity index is 1340. The van der Waals surface area contributed by atoms with Crippen LogP contribution < -0.4 is 16.2 Å². The molecule has 0 aliphatic heterocycles. The summed E-state index contributed by atoms with van der Waals surface area (Å²) in [6.45, 7) is 4.33. The molecule has 1 amide bonds. The number of aromatic nitrogens is 1. The second kappa shape index (κ2) is 11.6. The zero-order valence-corrected chi connectivity index (χ0v) is 21.5. The minimum atomic E-state index is -0.622. The number of benzene rings is 2. The van der Waals surface area contributed by atoms with Crippen LogP contribution in [-0.2, 0) is 11.2 Å². The number of hydrogen-bond donors (Lipinski definition) is 2. The van der Waals surface area contributed by atoms with E-state index in [4.69, 9.17) is 0 Å². The number of amides is 1. The summed E-state index contributed by atoms with van der Waals surface area (Å²) in [7, 11) is 1.65. The molecule has 0 radical (unpaired) electrons. The van der Waals surface area contributed by atoms with Crippen LogP contribution in [0.5, 0.6) is 0 Å². The molecular formula is C29H33FN4O3. The van der Waals surface area contributed by atoms with Gasteiger partial charge in [0, 0.05) is 6.04 Å². The van der Waals surface area contributed by atoms with E-state index >= 15 is 0 Å². The Kier molecular flexibility index (Phi) is 8.31. The Morgan fingerprint density at radius 1 is 1.11 bits per heavy atom. The molecule has 4 rings (SSSR count). The highest BCUT2D eigenvalue weighted by atomic mass is 19.1. The Morgan fingerprint density at radius 2 is 1.84 bits per heavy atom. The van der Waals surface area contributed by atoms with E-state index in [-0.39, 0.29) is 24.2 Å². The molecule has 1 aliphatic carbocycles. The van der Waals surface area contributed by atoms with Gasteiger partial charge >= 0.3 is 0 Å². The number of carbonyl (C=O) groups is 2. The fourth-order valence-corrected chi connectivity index (χ4v) is 4.89. The van der Waals surface area contributed by atoms with Crippen molar-refractivity contribution in [1.29, 1.82) is 0 Å². The number of rotatable bonds is 8. The zero-order valence-electron chi connectivity index (χ0n) is 21.5. The van der Waals surface area contributed by atoms with Gasteiger partial charge in [0.05, 0.1) is 18.3 Å². The van der Waals surface area contributed by atoms with Crippen molar-refractivity contribution in [3.63, 3.8) is 0 Å². The maximum atomic E-state index is 13.8. The van der Waals surface area contributed by atoms with Crippen molar-refractivity contribution in [2.45, 2.75) is 45.2 Å².